The van der Waals surface area contributed by atoms with Crippen LogP contribution in [0.15, 0.2) is 24.3 Å². The Morgan fingerprint density at radius 1 is 1.25 bits per heavy atom. The first kappa shape index (κ1) is 15.3. The summed E-state index contributed by atoms with van der Waals surface area (Å²) < 4.78 is 5.52. The Morgan fingerprint density at radius 3 is 2.80 bits per heavy atom. The predicted molar refractivity (Wildman–Crippen MR) is 84.4 cm³/mol. The van der Waals surface area contributed by atoms with Gasteiger partial charge >= 0.3 is 0 Å². The minimum absolute atomic E-state index is 0.714. The van der Waals surface area contributed by atoms with Crippen LogP contribution in [0.1, 0.15) is 5.69 Å². The Balaban J connectivity index is 1.72. The lowest BCUT2D eigenvalue weighted by molar-refractivity contribution is 0.119. The van der Waals surface area contributed by atoms with Crippen molar-refractivity contribution in [3.63, 3.8) is 0 Å². The smallest absolute Gasteiger partial charge is 0.0705 e. The van der Waals surface area contributed by atoms with E-state index >= 15 is 0 Å². The molecule has 1 heterocycles. The topological polar surface area (TPSA) is 40.3 Å². The molecule has 5 heteroatoms. The van der Waals surface area contributed by atoms with Crippen LogP contribution in [0.25, 0.3) is 10.9 Å². The predicted octanol–water partition coefficient (Wildman–Crippen LogP) is 2.49. The SMILES string of the molecule is CN(C)CCOCCNCc1[nH]c2ccccc2c1Cl. The number of hydrogen-bond donors (Lipinski definition) is 2. The molecule has 2 rings (SSSR count). The quantitative estimate of drug-likeness (QED) is 0.735. The number of aromatic nitrogens is 1. The summed E-state index contributed by atoms with van der Waals surface area (Å²) in [4.78, 5) is 5.45. The van der Waals surface area contributed by atoms with Gasteiger partial charge < -0.3 is 19.9 Å². The molecule has 110 valence electrons. The number of rotatable bonds is 8. The van der Waals surface area contributed by atoms with Crippen LogP contribution >= 0.6 is 11.6 Å². The fourth-order valence-corrected chi connectivity index (χ4v) is 2.27. The van der Waals surface area contributed by atoms with E-state index in [1.165, 1.54) is 0 Å². The number of para-hydroxylation sites is 1. The van der Waals surface area contributed by atoms with Gasteiger partial charge in [0.05, 0.1) is 18.2 Å². The molecule has 0 aliphatic heterocycles. The Labute approximate surface area is 125 Å². The molecule has 20 heavy (non-hydrogen) atoms. The van der Waals surface area contributed by atoms with Crippen molar-refractivity contribution in [1.82, 2.24) is 15.2 Å². The summed E-state index contributed by atoms with van der Waals surface area (Å²) >= 11 is 6.35. The molecule has 1 aromatic heterocycles. The van der Waals surface area contributed by atoms with Gasteiger partial charge in [-0.25, -0.2) is 0 Å². The van der Waals surface area contributed by atoms with E-state index in [0.717, 1.165) is 47.9 Å². The molecule has 2 N–H and O–H groups in total. The highest BCUT2D eigenvalue weighted by Crippen LogP contribution is 2.26. The van der Waals surface area contributed by atoms with Crippen molar-refractivity contribution in [2.45, 2.75) is 6.54 Å². The summed E-state index contributed by atoms with van der Waals surface area (Å²) in [6.07, 6.45) is 0. The van der Waals surface area contributed by atoms with E-state index in [9.17, 15) is 0 Å². The fraction of sp³-hybridized carbons (Fsp3) is 0.467. The number of fused-ring (bicyclic) bond motifs is 1. The monoisotopic (exact) mass is 295 g/mol. The van der Waals surface area contributed by atoms with E-state index in [-0.39, 0.29) is 0 Å². The van der Waals surface area contributed by atoms with Gasteiger partial charge in [0.15, 0.2) is 0 Å². The van der Waals surface area contributed by atoms with Gasteiger partial charge in [0.25, 0.3) is 0 Å². The standard InChI is InChI=1S/C15H22ClN3O/c1-19(2)8-10-20-9-7-17-11-14-15(16)12-5-3-4-6-13(12)18-14/h3-6,17-18H,7-11H2,1-2H3. The summed E-state index contributed by atoms with van der Waals surface area (Å²) in [6.45, 7) is 3.98. The molecule has 4 nitrogen and oxygen atoms in total. The highest BCUT2D eigenvalue weighted by Gasteiger charge is 2.07. The molecule has 0 fully saturated rings. The molecule has 0 atom stereocenters. The minimum atomic E-state index is 0.714. The zero-order valence-corrected chi connectivity index (χ0v) is 12.8. The number of H-pyrrole nitrogens is 1. The first-order chi connectivity index (χ1) is 9.68. The number of ether oxygens (including phenoxy) is 1. The molecule has 0 saturated carbocycles. The van der Waals surface area contributed by atoms with Crippen LogP contribution in [-0.4, -0.2) is 50.3 Å². The zero-order chi connectivity index (χ0) is 14.4. The van der Waals surface area contributed by atoms with Crippen molar-refractivity contribution in [2.24, 2.45) is 0 Å². The van der Waals surface area contributed by atoms with Crippen molar-refractivity contribution in [3.05, 3.63) is 35.0 Å². The first-order valence-corrected chi connectivity index (χ1v) is 7.24. The van der Waals surface area contributed by atoms with Crippen LogP contribution in [0.5, 0.6) is 0 Å². The molecule has 2 aromatic rings. The van der Waals surface area contributed by atoms with Gasteiger partial charge in [-0.1, -0.05) is 29.8 Å². The largest absolute Gasteiger partial charge is 0.379 e. The highest BCUT2D eigenvalue weighted by molar-refractivity contribution is 6.36. The molecule has 0 unspecified atom stereocenters. The molecule has 0 bridgehead atoms. The van der Waals surface area contributed by atoms with Crippen LogP contribution in [0.2, 0.25) is 5.02 Å². The second kappa shape index (κ2) is 7.64. The first-order valence-electron chi connectivity index (χ1n) is 6.86. The Morgan fingerprint density at radius 2 is 2.05 bits per heavy atom. The summed E-state index contributed by atoms with van der Waals surface area (Å²) in [5.41, 5.74) is 2.11. The number of halogens is 1. The molecule has 0 saturated heterocycles. The van der Waals surface area contributed by atoms with Gasteiger partial charge in [0.2, 0.25) is 0 Å². The lowest BCUT2D eigenvalue weighted by Gasteiger charge is -2.10. The molecule has 0 amide bonds. The molecule has 0 radical (unpaired) electrons. The normalized spacial score (nSPS) is 11.6. The summed E-state index contributed by atoms with van der Waals surface area (Å²) in [7, 11) is 4.08. The third-order valence-electron chi connectivity index (χ3n) is 3.12. The minimum Gasteiger partial charge on any atom is -0.379 e. The highest BCUT2D eigenvalue weighted by atomic mass is 35.5. The van der Waals surface area contributed by atoms with Gasteiger partial charge in [-0.05, 0) is 20.2 Å². The van der Waals surface area contributed by atoms with E-state index < -0.39 is 0 Å². The van der Waals surface area contributed by atoms with Gasteiger partial charge in [-0.2, -0.15) is 0 Å². The van der Waals surface area contributed by atoms with Gasteiger partial charge in [-0.3, -0.25) is 0 Å². The Kier molecular flexibility index (Phi) is 5.86. The van der Waals surface area contributed by atoms with E-state index in [1.54, 1.807) is 0 Å². The summed E-state index contributed by atoms with van der Waals surface area (Å²) in [5.74, 6) is 0. The molecule has 0 spiro atoms. The summed E-state index contributed by atoms with van der Waals surface area (Å²) in [6, 6.07) is 8.07. The zero-order valence-electron chi connectivity index (χ0n) is 12.1. The van der Waals surface area contributed by atoms with Gasteiger partial charge in [-0.15, -0.1) is 0 Å². The average molecular weight is 296 g/mol. The van der Waals surface area contributed by atoms with Crippen molar-refractivity contribution >= 4 is 22.5 Å². The third kappa shape index (κ3) is 4.21. The van der Waals surface area contributed by atoms with Gasteiger partial charge in [0, 0.05) is 36.2 Å². The second-order valence-corrected chi connectivity index (χ2v) is 5.43. The van der Waals surface area contributed by atoms with E-state index in [2.05, 4.69) is 15.2 Å². The third-order valence-corrected chi connectivity index (χ3v) is 3.55. The van der Waals surface area contributed by atoms with Crippen LogP contribution in [0, 0.1) is 0 Å². The molecular formula is C15H22ClN3O. The van der Waals surface area contributed by atoms with Crippen LogP contribution in [0.4, 0.5) is 0 Å². The van der Waals surface area contributed by atoms with E-state index in [1.807, 2.05) is 38.4 Å². The molecule has 0 aliphatic carbocycles. The van der Waals surface area contributed by atoms with Crippen molar-refractivity contribution in [1.29, 1.82) is 0 Å². The van der Waals surface area contributed by atoms with Crippen molar-refractivity contribution < 1.29 is 4.74 Å². The lowest BCUT2D eigenvalue weighted by Crippen LogP contribution is -2.23. The number of aromatic amines is 1. The number of nitrogens with zero attached hydrogens (tertiary/aromatic N) is 1. The molecular weight excluding hydrogens is 274 g/mol. The maximum atomic E-state index is 6.35. The van der Waals surface area contributed by atoms with Crippen LogP contribution in [0.3, 0.4) is 0 Å². The van der Waals surface area contributed by atoms with Crippen molar-refractivity contribution in [2.75, 3.05) is 40.4 Å². The lowest BCUT2D eigenvalue weighted by atomic mass is 10.2. The molecule has 1 aromatic carbocycles. The van der Waals surface area contributed by atoms with Gasteiger partial charge in [0.1, 0.15) is 0 Å². The maximum absolute atomic E-state index is 6.35. The number of nitrogens with one attached hydrogen (secondary N) is 2. The van der Waals surface area contributed by atoms with Crippen molar-refractivity contribution in [3.8, 4) is 0 Å². The van der Waals surface area contributed by atoms with Crippen LogP contribution < -0.4 is 5.32 Å². The second-order valence-electron chi connectivity index (χ2n) is 5.06. The Hall–Kier alpha value is -1.07. The van der Waals surface area contributed by atoms with Crippen LogP contribution in [-0.2, 0) is 11.3 Å². The average Bonchev–Trinajstić information content (AvgIpc) is 2.75. The number of likely N-dealkylation sites (N-methyl/N-ethyl adjacent to an activating group) is 1. The molecule has 0 aliphatic rings. The number of benzene rings is 1. The van der Waals surface area contributed by atoms with E-state index in [0.29, 0.717) is 6.61 Å². The maximum Gasteiger partial charge on any atom is 0.0705 e. The van der Waals surface area contributed by atoms with E-state index in [4.69, 9.17) is 16.3 Å². The Bertz CT molecular complexity index is 539. The fourth-order valence-electron chi connectivity index (χ4n) is 1.99. The number of hydrogen-bond acceptors (Lipinski definition) is 3. The summed E-state index contributed by atoms with van der Waals surface area (Å²) in [5, 5.41) is 5.22.